The molecule has 0 saturated carbocycles. The molecule has 1 aliphatic rings. The zero-order valence-corrected chi connectivity index (χ0v) is 14.8. The number of carbonyl (C=O) groups is 1. The first-order chi connectivity index (χ1) is 13.2. The molecule has 3 aromatic rings. The summed E-state index contributed by atoms with van der Waals surface area (Å²) in [6.07, 6.45) is 1.54. The third-order valence-electron chi connectivity index (χ3n) is 4.67. The fourth-order valence-electron chi connectivity index (χ4n) is 3.31. The quantitative estimate of drug-likeness (QED) is 0.700. The maximum Gasteiger partial charge on any atom is 0.254 e. The fourth-order valence-corrected chi connectivity index (χ4v) is 3.31. The third-order valence-corrected chi connectivity index (χ3v) is 4.67. The minimum absolute atomic E-state index is 0.105. The molecule has 0 radical (unpaired) electrons. The van der Waals surface area contributed by atoms with Crippen molar-refractivity contribution in [2.45, 2.75) is 18.9 Å². The first-order valence-electron chi connectivity index (χ1n) is 8.71. The van der Waals surface area contributed by atoms with Crippen LogP contribution < -0.4 is 4.74 Å². The summed E-state index contributed by atoms with van der Waals surface area (Å²) in [5.41, 5.74) is 1.11. The van der Waals surface area contributed by atoms with Gasteiger partial charge < -0.3 is 14.2 Å². The largest absolute Gasteiger partial charge is 0.494 e. The van der Waals surface area contributed by atoms with Gasteiger partial charge in [-0.1, -0.05) is 35.5 Å². The molecule has 1 atom stereocenters. The van der Waals surface area contributed by atoms with Gasteiger partial charge in [0.1, 0.15) is 6.04 Å². The van der Waals surface area contributed by atoms with Gasteiger partial charge in [0.05, 0.1) is 7.11 Å². The van der Waals surface area contributed by atoms with Crippen LogP contribution in [0.15, 0.2) is 53.1 Å². The van der Waals surface area contributed by atoms with Crippen molar-refractivity contribution in [2.75, 3.05) is 13.7 Å². The number of carbonyl (C=O) groups excluding carboxylic acids is 1. The Bertz CT molecular complexity index is 958. The van der Waals surface area contributed by atoms with E-state index in [1.54, 1.807) is 11.0 Å². The third kappa shape index (κ3) is 3.28. The molecular weight excluding hydrogens is 349 g/mol. The lowest BCUT2D eigenvalue weighted by molar-refractivity contribution is 0.0709. The summed E-state index contributed by atoms with van der Waals surface area (Å²) in [5.74, 6) is 0.157. The Morgan fingerprint density at radius 1 is 1.26 bits per heavy atom. The predicted octanol–water partition coefficient (Wildman–Crippen LogP) is 3.86. The molecule has 1 aromatic heterocycles. The topological polar surface area (TPSA) is 68.5 Å². The SMILES string of the molecule is COc1ccc(C(=O)N2CCC[C@@H]2c2nc(-c3ccccc3)no2)cc1F. The molecule has 7 heteroatoms. The van der Waals surface area contributed by atoms with Crippen LogP contribution >= 0.6 is 0 Å². The Labute approximate surface area is 155 Å². The van der Waals surface area contributed by atoms with Crippen LogP contribution in [0.5, 0.6) is 5.75 Å². The van der Waals surface area contributed by atoms with Gasteiger partial charge in [-0.2, -0.15) is 4.98 Å². The highest BCUT2D eigenvalue weighted by Gasteiger charge is 2.34. The minimum Gasteiger partial charge on any atom is -0.494 e. The molecule has 1 aliphatic heterocycles. The van der Waals surface area contributed by atoms with Crippen molar-refractivity contribution < 1.29 is 18.4 Å². The molecule has 0 bridgehead atoms. The van der Waals surface area contributed by atoms with Crippen molar-refractivity contribution in [3.8, 4) is 17.1 Å². The second-order valence-electron chi connectivity index (χ2n) is 6.33. The summed E-state index contributed by atoms with van der Waals surface area (Å²) in [6, 6.07) is 13.4. The second-order valence-corrected chi connectivity index (χ2v) is 6.33. The molecule has 27 heavy (non-hydrogen) atoms. The van der Waals surface area contributed by atoms with Crippen LogP contribution in [0.1, 0.15) is 35.1 Å². The molecule has 4 rings (SSSR count). The van der Waals surface area contributed by atoms with Crippen molar-refractivity contribution in [3.05, 3.63) is 65.8 Å². The summed E-state index contributed by atoms with van der Waals surface area (Å²) in [4.78, 5) is 19.0. The summed E-state index contributed by atoms with van der Waals surface area (Å²) >= 11 is 0. The van der Waals surface area contributed by atoms with E-state index in [0.717, 1.165) is 18.4 Å². The molecule has 1 fully saturated rings. The smallest absolute Gasteiger partial charge is 0.254 e. The number of amides is 1. The van der Waals surface area contributed by atoms with E-state index in [4.69, 9.17) is 9.26 Å². The Balaban J connectivity index is 1.58. The number of likely N-dealkylation sites (tertiary alicyclic amines) is 1. The summed E-state index contributed by atoms with van der Waals surface area (Å²) in [5, 5.41) is 4.03. The van der Waals surface area contributed by atoms with E-state index in [0.29, 0.717) is 18.3 Å². The van der Waals surface area contributed by atoms with Gasteiger partial charge in [0, 0.05) is 17.7 Å². The molecule has 1 amide bonds. The number of hydrogen-bond donors (Lipinski definition) is 0. The van der Waals surface area contributed by atoms with E-state index in [-0.39, 0.29) is 23.3 Å². The highest BCUT2D eigenvalue weighted by molar-refractivity contribution is 5.94. The Morgan fingerprint density at radius 2 is 2.07 bits per heavy atom. The van der Waals surface area contributed by atoms with Crippen LogP contribution in [-0.4, -0.2) is 34.6 Å². The maximum atomic E-state index is 14.0. The van der Waals surface area contributed by atoms with Crippen LogP contribution in [-0.2, 0) is 0 Å². The molecule has 0 N–H and O–H groups in total. The lowest BCUT2D eigenvalue weighted by atomic mass is 10.1. The number of aromatic nitrogens is 2. The molecule has 0 unspecified atom stereocenters. The second kappa shape index (κ2) is 7.19. The van der Waals surface area contributed by atoms with E-state index in [9.17, 15) is 9.18 Å². The lowest BCUT2D eigenvalue weighted by Crippen LogP contribution is -2.30. The average molecular weight is 367 g/mol. The Hall–Kier alpha value is -3.22. The van der Waals surface area contributed by atoms with Crippen LogP contribution in [0.3, 0.4) is 0 Å². The predicted molar refractivity (Wildman–Crippen MR) is 95.7 cm³/mol. The standard InChI is InChI=1S/C20H18FN3O3/c1-26-17-10-9-14(12-15(17)21)20(25)24-11-5-8-16(24)19-22-18(23-27-19)13-6-3-2-4-7-13/h2-4,6-7,9-10,12,16H,5,8,11H2,1H3/t16-/m1/s1. The first kappa shape index (κ1) is 17.2. The molecule has 2 heterocycles. The Morgan fingerprint density at radius 3 is 2.81 bits per heavy atom. The zero-order valence-electron chi connectivity index (χ0n) is 14.8. The normalized spacial score (nSPS) is 16.5. The fraction of sp³-hybridized carbons (Fsp3) is 0.250. The number of ether oxygens (including phenoxy) is 1. The molecular formula is C20H18FN3O3. The summed E-state index contributed by atoms with van der Waals surface area (Å²) in [7, 11) is 1.39. The number of methoxy groups -OCH3 is 1. The van der Waals surface area contributed by atoms with Gasteiger partial charge in [-0.25, -0.2) is 4.39 Å². The zero-order chi connectivity index (χ0) is 18.8. The van der Waals surface area contributed by atoms with Gasteiger partial charge >= 0.3 is 0 Å². The molecule has 6 nitrogen and oxygen atoms in total. The van der Waals surface area contributed by atoms with Crippen molar-refractivity contribution in [3.63, 3.8) is 0 Å². The number of rotatable bonds is 4. The van der Waals surface area contributed by atoms with Crippen molar-refractivity contribution in [2.24, 2.45) is 0 Å². The van der Waals surface area contributed by atoms with Crippen LogP contribution in [0.25, 0.3) is 11.4 Å². The van der Waals surface area contributed by atoms with Crippen molar-refractivity contribution >= 4 is 5.91 Å². The number of nitrogens with zero attached hydrogens (tertiary/aromatic N) is 3. The highest BCUT2D eigenvalue weighted by Crippen LogP contribution is 2.33. The summed E-state index contributed by atoms with van der Waals surface area (Å²) in [6.45, 7) is 0.556. The molecule has 138 valence electrons. The number of halogens is 1. The summed E-state index contributed by atoms with van der Waals surface area (Å²) < 4.78 is 24.3. The van der Waals surface area contributed by atoms with Gasteiger partial charge in [-0.15, -0.1) is 0 Å². The lowest BCUT2D eigenvalue weighted by Gasteiger charge is -2.22. The van der Waals surface area contributed by atoms with Gasteiger partial charge in [-0.3, -0.25) is 4.79 Å². The maximum absolute atomic E-state index is 14.0. The van der Waals surface area contributed by atoms with Gasteiger partial charge in [0.15, 0.2) is 11.6 Å². The molecule has 1 saturated heterocycles. The number of hydrogen-bond acceptors (Lipinski definition) is 5. The van der Waals surface area contributed by atoms with Gasteiger partial charge in [0.2, 0.25) is 11.7 Å². The van der Waals surface area contributed by atoms with E-state index >= 15 is 0 Å². The molecule has 0 spiro atoms. The minimum atomic E-state index is -0.566. The van der Waals surface area contributed by atoms with E-state index in [1.807, 2.05) is 30.3 Å². The van der Waals surface area contributed by atoms with Crippen LogP contribution in [0, 0.1) is 5.82 Å². The molecule has 2 aromatic carbocycles. The molecule has 0 aliphatic carbocycles. The van der Waals surface area contributed by atoms with Crippen molar-refractivity contribution in [1.82, 2.24) is 15.0 Å². The van der Waals surface area contributed by atoms with Crippen molar-refractivity contribution in [1.29, 1.82) is 0 Å². The first-order valence-corrected chi connectivity index (χ1v) is 8.71. The van der Waals surface area contributed by atoms with Crippen LogP contribution in [0.4, 0.5) is 4.39 Å². The average Bonchev–Trinajstić information content (AvgIpc) is 3.37. The van der Waals surface area contributed by atoms with E-state index in [1.165, 1.54) is 19.2 Å². The Kier molecular flexibility index (Phi) is 4.58. The monoisotopic (exact) mass is 367 g/mol. The highest BCUT2D eigenvalue weighted by atomic mass is 19.1. The van der Waals surface area contributed by atoms with Gasteiger partial charge in [-0.05, 0) is 31.0 Å². The van der Waals surface area contributed by atoms with Crippen LogP contribution in [0.2, 0.25) is 0 Å². The van der Waals surface area contributed by atoms with E-state index < -0.39 is 5.82 Å². The number of benzene rings is 2. The van der Waals surface area contributed by atoms with E-state index in [2.05, 4.69) is 10.1 Å². The van der Waals surface area contributed by atoms with Gasteiger partial charge in [0.25, 0.3) is 5.91 Å².